The second-order valence-electron chi connectivity index (χ2n) is 5.99. The van der Waals surface area contributed by atoms with Gasteiger partial charge in [0.05, 0.1) is 19.1 Å². The number of ether oxygens (including phenoxy) is 1. The molecular formula is C13H19NO4. The van der Waals surface area contributed by atoms with Gasteiger partial charge in [-0.1, -0.05) is 0 Å². The predicted octanol–water partition coefficient (Wildman–Crippen LogP) is 0.736. The number of carbonyl (C=O) groups is 2. The van der Waals surface area contributed by atoms with Crippen LogP contribution >= 0.6 is 0 Å². The minimum atomic E-state index is -0.677. The lowest BCUT2D eigenvalue weighted by Gasteiger charge is -2.56. The zero-order valence-corrected chi connectivity index (χ0v) is 10.4. The summed E-state index contributed by atoms with van der Waals surface area (Å²) in [6, 6.07) is 0. The summed E-state index contributed by atoms with van der Waals surface area (Å²) < 4.78 is 5.24. The van der Waals surface area contributed by atoms with Crippen LogP contribution in [0.4, 0.5) is 0 Å². The SMILES string of the molecule is O=C(O)C1CC2(C1)CC(C(=O)N1CCOCC1)C2. The molecule has 5 heteroatoms. The Balaban J connectivity index is 1.47. The fourth-order valence-corrected chi connectivity index (χ4v) is 3.70. The Morgan fingerprint density at radius 1 is 1.06 bits per heavy atom. The molecule has 5 nitrogen and oxygen atoms in total. The van der Waals surface area contributed by atoms with Gasteiger partial charge in [0.2, 0.25) is 5.91 Å². The molecule has 0 radical (unpaired) electrons. The molecule has 1 amide bonds. The Morgan fingerprint density at radius 2 is 1.61 bits per heavy atom. The minimum absolute atomic E-state index is 0.137. The second kappa shape index (κ2) is 4.23. The Kier molecular flexibility index (Phi) is 2.81. The summed E-state index contributed by atoms with van der Waals surface area (Å²) in [5.41, 5.74) is 0.190. The van der Waals surface area contributed by atoms with E-state index >= 15 is 0 Å². The van der Waals surface area contributed by atoms with Crippen LogP contribution in [0.2, 0.25) is 0 Å². The molecule has 0 atom stereocenters. The van der Waals surface area contributed by atoms with Crippen molar-refractivity contribution in [2.45, 2.75) is 25.7 Å². The molecular weight excluding hydrogens is 234 g/mol. The largest absolute Gasteiger partial charge is 0.481 e. The molecule has 2 aliphatic carbocycles. The number of carbonyl (C=O) groups excluding carboxylic acids is 1. The maximum absolute atomic E-state index is 12.2. The van der Waals surface area contributed by atoms with Gasteiger partial charge in [-0.05, 0) is 31.1 Å². The van der Waals surface area contributed by atoms with Gasteiger partial charge in [0.1, 0.15) is 0 Å². The summed E-state index contributed by atoms with van der Waals surface area (Å²) in [4.78, 5) is 24.9. The number of aliphatic carboxylic acids is 1. The molecule has 1 N–H and O–H groups in total. The summed E-state index contributed by atoms with van der Waals surface area (Å²) in [6.07, 6.45) is 3.34. The van der Waals surface area contributed by atoms with Crippen molar-refractivity contribution in [1.82, 2.24) is 4.90 Å². The van der Waals surface area contributed by atoms with Crippen molar-refractivity contribution >= 4 is 11.9 Å². The zero-order chi connectivity index (χ0) is 12.8. The molecule has 18 heavy (non-hydrogen) atoms. The highest BCUT2D eigenvalue weighted by Crippen LogP contribution is 2.61. The van der Waals surface area contributed by atoms with Crippen molar-refractivity contribution in [3.05, 3.63) is 0 Å². The molecule has 100 valence electrons. The van der Waals surface area contributed by atoms with Crippen LogP contribution < -0.4 is 0 Å². The van der Waals surface area contributed by atoms with Crippen molar-refractivity contribution in [2.75, 3.05) is 26.3 Å². The predicted molar refractivity (Wildman–Crippen MR) is 62.9 cm³/mol. The molecule has 1 saturated heterocycles. The van der Waals surface area contributed by atoms with Gasteiger partial charge >= 0.3 is 5.97 Å². The van der Waals surface area contributed by atoms with E-state index in [1.165, 1.54) is 0 Å². The number of nitrogens with zero attached hydrogens (tertiary/aromatic N) is 1. The lowest BCUT2D eigenvalue weighted by molar-refractivity contribution is -0.165. The van der Waals surface area contributed by atoms with Gasteiger partial charge < -0.3 is 14.7 Å². The average molecular weight is 253 g/mol. The van der Waals surface area contributed by atoms with E-state index in [1.54, 1.807) is 0 Å². The van der Waals surface area contributed by atoms with E-state index in [4.69, 9.17) is 9.84 Å². The first-order valence-corrected chi connectivity index (χ1v) is 6.69. The molecule has 0 aromatic carbocycles. The first-order valence-electron chi connectivity index (χ1n) is 6.69. The fraction of sp³-hybridized carbons (Fsp3) is 0.846. The van der Waals surface area contributed by atoms with Crippen LogP contribution in [0.1, 0.15) is 25.7 Å². The zero-order valence-electron chi connectivity index (χ0n) is 10.4. The normalized spacial score (nSPS) is 39.0. The number of hydrogen-bond donors (Lipinski definition) is 1. The first kappa shape index (κ1) is 12.0. The van der Waals surface area contributed by atoms with Crippen molar-refractivity contribution < 1.29 is 19.4 Å². The molecule has 1 spiro atoms. The third kappa shape index (κ3) is 1.90. The second-order valence-corrected chi connectivity index (χ2v) is 5.99. The van der Waals surface area contributed by atoms with E-state index in [2.05, 4.69) is 0 Å². The highest BCUT2D eigenvalue weighted by Gasteiger charge is 2.57. The summed E-state index contributed by atoms with van der Waals surface area (Å²) in [5, 5.41) is 8.87. The number of carboxylic acids is 1. The molecule has 3 fully saturated rings. The summed E-state index contributed by atoms with van der Waals surface area (Å²) in [6.45, 7) is 2.70. The van der Waals surface area contributed by atoms with Crippen LogP contribution in [-0.4, -0.2) is 48.2 Å². The van der Waals surface area contributed by atoms with Crippen molar-refractivity contribution in [3.63, 3.8) is 0 Å². The average Bonchev–Trinajstić information content (AvgIpc) is 2.25. The third-order valence-electron chi connectivity index (χ3n) is 4.74. The van der Waals surface area contributed by atoms with E-state index < -0.39 is 5.97 Å². The van der Waals surface area contributed by atoms with E-state index in [-0.39, 0.29) is 23.2 Å². The monoisotopic (exact) mass is 253 g/mol. The number of carboxylic acid groups (broad SMARTS) is 1. The van der Waals surface area contributed by atoms with E-state index in [0.29, 0.717) is 26.3 Å². The Bertz CT molecular complexity index is 361. The molecule has 0 aromatic heterocycles. The van der Waals surface area contributed by atoms with E-state index in [9.17, 15) is 9.59 Å². The number of hydrogen-bond acceptors (Lipinski definition) is 3. The highest BCUT2D eigenvalue weighted by molar-refractivity contribution is 5.80. The van der Waals surface area contributed by atoms with Crippen LogP contribution in [0.25, 0.3) is 0 Å². The maximum Gasteiger partial charge on any atom is 0.306 e. The molecule has 3 aliphatic rings. The Morgan fingerprint density at radius 3 is 2.17 bits per heavy atom. The standard InChI is InChI=1S/C13H19NO4/c15-11(14-1-3-18-4-2-14)9-5-13(6-9)7-10(8-13)12(16)17/h9-10H,1-8H2,(H,16,17). The van der Waals surface area contributed by atoms with Gasteiger partial charge in [-0.3, -0.25) is 9.59 Å². The van der Waals surface area contributed by atoms with Crippen LogP contribution in [0.15, 0.2) is 0 Å². The quantitative estimate of drug-likeness (QED) is 0.788. The molecule has 1 aliphatic heterocycles. The molecule has 3 rings (SSSR count). The lowest BCUT2D eigenvalue weighted by atomic mass is 9.48. The van der Waals surface area contributed by atoms with Gasteiger partial charge in [-0.15, -0.1) is 0 Å². The topological polar surface area (TPSA) is 66.8 Å². The van der Waals surface area contributed by atoms with Crippen LogP contribution in [-0.2, 0) is 14.3 Å². The van der Waals surface area contributed by atoms with Crippen LogP contribution in [0.5, 0.6) is 0 Å². The molecule has 0 aromatic rings. The lowest BCUT2D eigenvalue weighted by Crippen LogP contribution is -2.55. The van der Waals surface area contributed by atoms with Gasteiger partial charge in [0, 0.05) is 19.0 Å². The van der Waals surface area contributed by atoms with Gasteiger partial charge in [0.15, 0.2) is 0 Å². The smallest absolute Gasteiger partial charge is 0.306 e. The number of rotatable bonds is 2. The Hall–Kier alpha value is -1.10. The van der Waals surface area contributed by atoms with Crippen LogP contribution in [0, 0.1) is 17.3 Å². The third-order valence-corrected chi connectivity index (χ3v) is 4.74. The molecule has 2 saturated carbocycles. The molecule has 1 heterocycles. The van der Waals surface area contributed by atoms with Gasteiger partial charge in [-0.25, -0.2) is 0 Å². The fourth-order valence-electron chi connectivity index (χ4n) is 3.70. The molecule has 0 unspecified atom stereocenters. The highest BCUT2D eigenvalue weighted by atomic mass is 16.5. The van der Waals surface area contributed by atoms with Gasteiger partial charge in [0.25, 0.3) is 0 Å². The van der Waals surface area contributed by atoms with Crippen molar-refractivity contribution in [3.8, 4) is 0 Å². The Labute approximate surface area is 106 Å². The summed E-state index contributed by atoms with van der Waals surface area (Å²) >= 11 is 0. The first-order chi connectivity index (χ1) is 8.60. The number of amides is 1. The van der Waals surface area contributed by atoms with Gasteiger partial charge in [-0.2, -0.15) is 0 Å². The summed E-state index contributed by atoms with van der Waals surface area (Å²) in [7, 11) is 0. The maximum atomic E-state index is 12.2. The molecule has 0 bridgehead atoms. The van der Waals surface area contributed by atoms with E-state index in [1.807, 2.05) is 4.90 Å². The van der Waals surface area contributed by atoms with Crippen LogP contribution in [0.3, 0.4) is 0 Å². The minimum Gasteiger partial charge on any atom is -0.481 e. The summed E-state index contributed by atoms with van der Waals surface area (Å²) in [5.74, 6) is -0.450. The number of morpholine rings is 1. The van der Waals surface area contributed by atoms with Crippen molar-refractivity contribution in [2.24, 2.45) is 17.3 Å². The van der Waals surface area contributed by atoms with E-state index in [0.717, 1.165) is 25.7 Å². The van der Waals surface area contributed by atoms with Crippen molar-refractivity contribution in [1.29, 1.82) is 0 Å².